The van der Waals surface area contributed by atoms with Crippen LogP contribution in [0.25, 0.3) is 0 Å². The fraction of sp³-hybridized carbons (Fsp3) is 0.842. The molecule has 22 heavy (non-hydrogen) atoms. The Balaban J connectivity index is 1.74. The third-order valence-electron chi connectivity index (χ3n) is 7.90. The first-order chi connectivity index (χ1) is 10.4. The van der Waals surface area contributed by atoms with Crippen LogP contribution in [0.4, 0.5) is 0 Å². The number of carbonyl (C=O) groups excluding carboxylic acids is 1. The number of ketones is 1. The molecule has 0 aromatic rings. The van der Waals surface area contributed by atoms with E-state index >= 15 is 0 Å². The maximum atomic E-state index is 11.8. The molecule has 4 rings (SSSR count). The van der Waals surface area contributed by atoms with Crippen LogP contribution in [0.1, 0.15) is 58.8 Å². The molecule has 0 heterocycles. The largest absolute Gasteiger partial charge is 0.393 e. The lowest BCUT2D eigenvalue weighted by molar-refractivity contribution is -0.139. The Morgan fingerprint density at radius 2 is 1.91 bits per heavy atom. The van der Waals surface area contributed by atoms with Gasteiger partial charge in [0.25, 0.3) is 0 Å². The minimum Gasteiger partial charge on any atom is -0.393 e. The molecular weight excluding hydrogens is 276 g/mol. The highest BCUT2D eigenvalue weighted by Gasteiger charge is 2.61. The van der Waals surface area contributed by atoms with Gasteiger partial charge in [-0.2, -0.15) is 0 Å². The summed E-state index contributed by atoms with van der Waals surface area (Å²) in [5.74, 6) is 1.42. The third kappa shape index (κ3) is 1.78. The molecule has 0 saturated heterocycles. The van der Waals surface area contributed by atoms with Crippen molar-refractivity contribution in [2.45, 2.75) is 71.0 Å². The molecule has 0 spiro atoms. The highest BCUT2D eigenvalue weighted by molar-refractivity contribution is 5.91. The van der Waals surface area contributed by atoms with E-state index in [-0.39, 0.29) is 34.7 Å². The first kappa shape index (κ1) is 14.9. The maximum absolute atomic E-state index is 11.8. The number of rotatable bonds is 0. The Hall–Kier alpha value is -0.670. The molecule has 0 unspecified atom stereocenters. The van der Waals surface area contributed by atoms with E-state index in [1.54, 1.807) is 0 Å². The molecule has 0 bridgehead atoms. The number of fused-ring (bicyclic) bond motifs is 5. The standard InChI is InChI=1S/C19H28O3/c1-18-7-5-12(20)9-11(18)3-4-13-14(18)10-16(22)19(2)8-6-15(21)17(13)19/h9,13-17,21-22H,3-8,10H2,1-2H3/t13-,14+,15+,16+,17-,18-,19-/m0/s1. The summed E-state index contributed by atoms with van der Waals surface area (Å²) >= 11 is 0. The number of aliphatic hydroxyl groups is 2. The van der Waals surface area contributed by atoms with Crippen LogP contribution in [0.2, 0.25) is 0 Å². The van der Waals surface area contributed by atoms with Crippen molar-refractivity contribution in [1.82, 2.24) is 0 Å². The molecule has 4 aliphatic rings. The van der Waals surface area contributed by atoms with Crippen molar-refractivity contribution >= 4 is 5.78 Å². The molecule has 122 valence electrons. The second-order valence-electron chi connectivity index (χ2n) is 8.75. The summed E-state index contributed by atoms with van der Waals surface area (Å²) in [7, 11) is 0. The van der Waals surface area contributed by atoms with Crippen LogP contribution < -0.4 is 0 Å². The molecule has 3 fully saturated rings. The molecule has 0 aromatic heterocycles. The highest BCUT2D eigenvalue weighted by atomic mass is 16.3. The van der Waals surface area contributed by atoms with Crippen molar-refractivity contribution in [2.24, 2.45) is 28.6 Å². The van der Waals surface area contributed by atoms with Gasteiger partial charge in [-0.15, -0.1) is 0 Å². The molecule has 3 nitrogen and oxygen atoms in total. The van der Waals surface area contributed by atoms with E-state index in [2.05, 4.69) is 13.8 Å². The molecule has 7 atom stereocenters. The molecule has 0 radical (unpaired) electrons. The zero-order valence-electron chi connectivity index (χ0n) is 13.7. The second-order valence-corrected chi connectivity index (χ2v) is 8.75. The topological polar surface area (TPSA) is 57.5 Å². The van der Waals surface area contributed by atoms with Gasteiger partial charge in [0.15, 0.2) is 5.78 Å². The van der Waals surface area contributed by atoms with Gasteiger partial charge in [0.05, 0.1) is 12.2 Å². The van der Waals surface area contributed by atoms with Crippen LogP contribution in [0, 0.1) is 28.6 Å². The normalized spacial score (nSPS) is 54.3. The van der Waals surface area contributed by atoms with Gasteiger partial charge >= 0.3 is 0 Å². The Labute approximate surface area is 132 Å². The molecule has 4 aliphatic carbocycles. The van der Waals surface area contributed by atoms with Crippen molar-refractivity contribution in [3.63, 3.8) is 0 Å². The Morgan fingerprint density at radius 3 is 2.68 bits per heavy atom. The molecule has 3 saturated carbocycles. The molecular formula is C19H28O3. The van der Waals surface area contributed by atoms with Crippen LogP contribution >= 0.6 is 0 Å². The van der Waals surface area contributed by atoms with Gasteiger partial charge in [0.2, 0.25) is 0 Å². The van der Waals surface area contributed by atoms with Crippen molar-refractivity contribution in [1.29, 1.82) is 0 Å². The minimum atomic E-state index is -0.315. The predicted molar refractivity (Wildman–Crippen MR) is 84.1 cm³/mol. The molecule has 0 aliphatic heterocycles. The number of aliphatic hydroxyl groups excluding tert-OH is 2. The van der Waals surface area contributed by atoms with E-state index < -0.39 is 0 Å². The van der Waals surface area contributed by atoms with Crippen LogP contribution in [-0.2, 0) is 4.79 Å². The summed E-state index contributed by atoms with van der Waals surface area (Å²) in [5, 5.41) is 21.4. The van der Waals surface area contributed by atoms with Crippen molar-refractivity contribution in [3.05, 3.63) is 11.6 Å². The summed E-state index contributed by atoms with van der Waals surface area (Å²) in [6.07, 6.45) is 7.58. The fourth-order valence-corrected chi connectivity index (χ4v) is 6.53. The van der Waals surface area contributed by atoms with Gasteiger partial charge in [-0.05, 0) is 73.2 Å². The smallest absolute Gasteiger partial charge is 0.155 e. The van der Waals surface area contributed by atoms with Crippen LogP contribution in [0.5, 0.6) is 0 Å². The van der Waals surface area contributed by atoms with Crippen molar-refractivity contribution < 1.29 is 15.0 Å². The van der Waals surface area contributed by atoms with Gasteiger partial charge in [0.1, 0.15) is 0 Å². The van der Waals surface area contributed by atoms with Gasteiger partial charge < -0.3 is 10.2 Å². The monoisotopic (exact) mass is 304 g/mol. The molecule has 3 heteroatoms. The number of hydrogen-bond donors (Lipinski definition) is 2. The van der Waals surface area contributed by atoms with E-state index in [1.165, 1.54) is 5.57 Å². The van der Waals surface area contributed by atoms with Crippen LogP contribution in [0.3, 0.4) is 0 Å². The zero-order valence-corrected chi connectivity index (χ0v) is 13.7. The quantitative estimate of drug-likeness (QED) is 0.723. The summed E-state index contributed by atoms with van der Waals surface area (Å²) < 4.78 is 0. The van der Waals surface area contributed by atoms with Gasteiger partial charge in [0, 0.05) is 6.42 Å². The molecule has 2 N–H and O–H groups in total. The summed E-state index contributed by atoms with van der Waals surface area (Å²) in [4.78, 5) is 11.8. The number of allylic oxidation sites excluding steroid dienone is 1. The Kier molecular flexibility index (Phi) is 3.16. The maximum Gasteiger partial charge on any atom is 0.155 e. The van der Waals surface area contributed by atoms with E-state index in [0.29, 0.717) is 18.3 Å². The lowest BCUT2D eigenvalue weighted by Crippen LogP contribution is -2.56. The third-order valence-corrected chi connectivity index (χ3v) is 7.90. The van der Waals surface area contributed by atoms with Gasteiger partial charge in [-0.25, -0.2) is 0 Å². The minimum absolute atomic E-state index is 0.0570. The van der Waals surface area contributed by atoms with Crippen molar-refractivity contribution in [2.75, 3.05) is 0 Å². The summed E-state index contributed by atoms with van der Waals surface area (Å²) in [6, 6.07) is 0. The van der Waals surface area contributed by atoms with Gasteiger partial charge in [-0.1, -0.05) is 19.4 Å². The first-order valence-electron chi connectivity index (χ1n) is 8.96. The zero-order chi connectivity index (χ0) is 15.7. The summed E-state index contributed by atoms with van der Waals surface area (Å²) in [6.45, 7) is 4.49. The second kappa shape index (κ2) is 4.67. The molecule has 0 amide bonds. The summed E-state index contributed by atoms with van der Waals surface area (Å²) in [5.41, 5.74) is 1.26. The van der Waals surface area contributed by atoms with E-state index in [1.807, 2.05) is 6.08 Å². The van der Waals surface area contributed by atoms with Gasteiger partial charge in [-0.3, -0.25) is 4.79 Å². The first-order valence-corrected chi connectivity index (χ1v) is 8.96. The van der Waals surface area contributed by atoms with E-state index in [0.717, 1.165) is 38.5 Å². The highest BCUT2D eigenvalue weighted by Crippen LogP contribution is 2.65. The molecule has 0 aromatic carbocycles. The number of carbonyl (C=O) groups is 1. The SMILES string of the molecule is C[C@@]12CC[C@@H](O)[C@@H]1[C@H]1CCC3=CC(=O)CC[C@]3(C)[C@@H]1C[C@H]2O. The van der Waals surface area contributed by atoms with Crippen molar-refractivity contribution in [3.8, 4) is 0 Å². The average Bonchev–Trinajstić information content (AvgIpc) is 2.79. The average molecular weight is 304 g/mol. The van der Waals surface area contributed by atoms with E-state index in [4.69, 9.17) is 0 Å². The Morgan fingerprint density at radius 1 is 1.14 bits per heavy atom. The fourth-order valence-electron chi connectivity index (χ4n) is 6.53. The van der Waals surface area contributed by atoms with Crippen LogP contribution in [0.15, 0.2) is 11.6 Å². The number of hydrogen-bond acceptors (Lipinski definition) is 3. The lowest BCUT2D eigenvalue weighted by atomic mass is 9.46. The predicted octanol–water partition coefficient (Wildman–Crippen LogP) is 2.85. The lowest BCUT2D eigenvalue weighted by Gasteiger charge is -2.59. The van der Waals surface area contributed by atoms with Crippen LogP contribution in [-0.4, -0.2) is 28.2 Å². The Bertz CT molecular complexity index is 539. The van der Waals surface area contributed by atoms with E-state index in [9.17, 15) is 15.0 Å².